The van der Waals surface area contributed by atoms with E-state index in [1.165, 1.54) is 11.0 Å². The number of halogens is 3. The monoisotopic (exact) mass is 313 g/mol. The Hall–Kier alpha value is -1.94. The van der Waals surface area contributed by atoms with Crippen LogP contribution in [0.3, 0.4) is 0 Å². The molecule has 7 heteroatoms. The van der Waals surface area contributed by atoms with E-state index in [9.17, 15) is 18.3 Å². The molecule has 0 radical (unpaired) electrons. The summed E-state index contributed by atoms with van der Waals surface area (Å²) in [6.07, 6.45) is -3.76. The standard InChI is InChI=1S/C15H18F3N3O/c1-21(2)13-4-3-11(5-12(13)15(16,17)18)20-9-14(22)6-10(7-14)8-19/h3-5,10,20,22H,6-7,9H2,1-2H3. The van der Waals surface area contributed by atoms with Crippen LogP contribution in [-0.4, -0.2) is 31.3 Å². The van der Waals surface area contributed by atoms with E-state index in [0.29, 0.717) is 18.5 Å². The van der Waals surface area contributed by atoms with Crippen LogP contribution >= 0.6 is 0 Å². The number of hydrogen-bond donors (Lipinski definition) is 2. The number of nitriles is 1. The van der Waals surface area contributed by atoms with Gasteiger partial charge in [0, 0.05) is 32.0 Å². The Morgan fingerprint density at radius 2 is 2.05 bits per heavy atom. The Morgan fingerprint density at radius 3 is 2.55 bits per heavy atom. The van der Waals surface area contributed by atoms with Crippen molar-refractivity contribution in [1.82, 2.24) is 0 Å². The smallest absolute Gasteiger partial charge is 0.388 e. The minimum Gasteiger partial charge on any atom is -0.388 e. The molecule has 0 saturated heterocycles. The first-order valence-electron chi connectivity index (χ1n) is 6.89. The summed E-state index contributed by atoms with van der Waals surface area (Å²) in [7, 11) is 3.10. The Balaban J connectivity index is 2.11. The first-order valence-corrected chi connectivity index (χ1v) is 6.89. The molecule has 2 rings (SSSR count). The molecule has 4 nitrogen and oxygen atoms in total. The van der Waals surface area contributed by atoms with E-state index >= 15 is 0 Å². The van der Waals surface area contributed by atoms with Crippen molar-refractivity contribution in [3.63, 3.8) is 0 Å². The van der Waals surface area contributed by atoms with Gasteiger partial charge in [0.05, 0.1) is 23.2 Å². The molecule has 1 saturated carbocycles. The van der Waals surface area contributed by atoms with Gasteiger partial charge in [0.15, 0.2) is 0 Å². The molecular formula is C15H18F3N3O. The zero-order valence-corrected chi connectivity index (χ0v) is 12.4. The number of nitrogens with zero attached hydrogens (tertiary/aromatic N) is 2. The third kappa shape index (κ3) is 3.45. The molecule has 0 spiro atoms. The van der Waals surface area contributed by atoms with Crippen LogP contribution in [0, 0.1) is 17.2 Å². The van der Waals surface area contributed by atoms with E-state index in [2.05, 4.69) is 11.4 Å². The number of nitrogens with one attached hydrogen (secondary N) is 1. The zero-order chi connectivity index (χ0) is 16.5. The number of rotatable bonds is 4. The van der Waals surface area contributed by atoms with Gasteiger partial charge < -0.3 is 15.3 Å². The molecule has 22 heavy (non-hydrogen) atoms. The summed E-state index contributed by atoms with van der Waals surface area (Å²) in [6, 6.07) is 6.05. The topological polar surface area (TPSA) is 59.3 Å². The van der Waals surface area contributed by atoms with Crippen molar-refractivity contribution in [1.29, 1.82) is 5.26 Å². The number of benzene rings is 1. The van der Waals surface area contributed by atoms with Crippen molar-refractivity contribution in [2.75, 3.05) is 30.9 Å². The summed E-state index contributed by atoms with van der Waals surface area (Å²) in [4.78, 5) is 1.41. The van der Waals surface area contributed by atoms with Gasteiger partial charge in [0.25, 0.3) is 0 Å². The van der Waals surface area contributed by atoms with Crippen molar-refractivity contribution in [3.8, 4) is 6.07 Å². The molecule has 120 valence electrons. The molecule has 0 unspecified atom stereocenters. The zero-order valence-electron chi connectivity index (χ0n) is 12.4. The van der Waals surface area contributed by atoms with Crippen LogP contribution < -0.4 is 10.2 Å². The Kier molecular flexibility index (Phi) is 4.25. The fraction of sp³-hybridized carbons (Fsp3) is 0.533. The molecule has 0 amide bonds. The first-order chi connectivity index (χ1) is 10.1. The molecule has 1 fully saturated rings. The van der Waals surface area contributed by atoms with Gasteiger partial charge in [-0.25, -0.2) is 0 Å². The van der Waals surface area contributed by atoms with Gasteiger partial charge in [-0.05, 0) is 31.0 Å². The Morgan fingerprint density at radius 1 is 1.41 bits per heavy atom. The van der Waals surface area contributed by atoms with E-state index < -0.39 is 17.3 Å². The Labute approximate surface area is 127 Å². The van der Waals surface area contributed by atoms with Gasteiger partial charge >= 0.3 is 6.18 Å². The normalized spacial score (nSPS) is 24.3. The highest BCUT2D eigenvalue weighted by molar-refractivity contribution is 5.61. The van der Waals surface area contributed by atoms with E-state index in [4.69, 9.17) is 5.26 Å². The third-order valence-electron chi connectivity index (χ3n) is 3.84. The largest absolute Gasteiger partial charge is 0.418 e. The second kappa shape index (κ2) is 5.69. The van der Waals surface area contributed by atoms with E-state index in [1.54, 1.807) is 20.2 Å². The first kappa shape index (κ1) is 16.4. The van der Waals surface area contributed by atoms with Crippen LogP contribution in [0.4, 0.5) is 24.5 Å². The predicted octanol–water partition coefficient (Wildman–Crippen LogP) is 2.85. The van der Waals surface area contributed by atoms with E-state index in [0.717, 1.165) is 6.07 Å². The van der Waals surface area contributed by atoms with E-state index in [1.807, 2.05) is 0 Å². The molecule has 0 heterocycles. The van der Waals surface area contributed by atoms with Gasteiger partial charge in [0.1, 0.15) is 0 Å². The van der Waals surface area contributed by atoms with Gasteiger partial charge in [-0.3, -0.25) is 0 Å². The molecule has 1 aliphatic carbocycles. The van der Waals surface area contributed by atoms with Crippen molar-refractivity contribution in [3.05, 3.63) is 23.8 Å². The highest BCUT2D eigenvalue weighted by atomic mass is 19.4. The number of aliphatic hydroxyl groups is 1. The number of hydrogen-bond acceptors (Lipinski definition) is 4. The summed E-state index contributed by atoms with van der Waals surface area (Å²) < 4.78 is 39.3. The van der Waals surface area contributed by atoms with Crippen LogP contribution in [0.15, 0.2) is 18.2 Å². The molecule has 1 aromatic carbocycles. The highest BCUT2D eigenvalue weighted by Gasteiger charge is 2.42. The lowest BCUT2D eigenvalue weighted by Crippen LogP contribution is -2.48. The second-order valence-corrected chi connectivity index (χ2v) is 5.94. The van der Waals surface area contributed by atoms with Gasteiger partial charge in [-0.1, -0.05) is 0 Å². The second-order valence-electron chi connectivity index (χ2n) is 5.94. The molecule has 0 atom stereocenters. The summed E-state index contributed by atoms with van der Waals surface area (Å²) in [5.41, 5.74) is -1.35. The average Bonchev–Trinajstić information content (AvgIpc) is 2.40. The fourth-order valence-electron chi connectivity index (χ4n) is 2.62. The maximum atomic E-state index is 13.1. The van der Waals surface area contributed by atoms with Crippen molar-refractivity contribution < 1.29 is 18.3 Å². The minimum absolute atomic E-state index is 0.0879. The van der Waals surface area contributed by atoms with Gasteiger partial charge in [-0.15, -0.1) is 0 Å². The average molecular weight is 313 g/mol. The summed E-state index contributed by atoms with van der Waals surface area (Å²) in [5, 5.41) is 21.6. The quantitative estimate of drug-likeness (QED) is 0.897. The molecule has 0 aromatic heterocycles. The number of anilines is 2. The molecule has 0 bridgehead atoms. The lowest BCUT2D eigenvalue weighted by molar-refractivity contribution is -0.137. The Bertz CT molecular complexity index is 587. The number of alkyl halides is 3. The van der Waals surface area contributed by atoms with Crippen LogP contribution in [-0.2, 0) is 6.18 Å². The van der Waals surface area contributed by atoms with Crippen molar-refractivity contribution in [2.45, 2.75) is 24.6 Å². The lowest BCUT2D eigenvalue weighted by Gasteiger charge is -2.40. The summed E-state index contributed by atoms with van der Waals surface area (Å²) >= 11 is 0. The van der Waals surface area contributed by atoms with Crippen molar-refractivity contribution >= 4 is 11.4 Å². The molecule has 1 aromatic rings. The van der Waals surface area contributed by atoms with Crippen molar-refractivity contribution in [2.24, 2.45) is 5.92 Å². The molecule has 2 N–H and O–H groups in total. The molecular weight excluding hydrogens is 295 g/mol. The van der Waals surface area contributed by atoms with Crippen LogP contribution in [0.5, 0.6) is 0 Å². The van der Waals surface area contributed by atoms with Crippen LogP contribution in [0.2, 0.25) is 0 Å². The minimum atomic E-state index is -4.45. The van der Waals surface area contributed by atoms with Crippen LogP contribution in [0.1, 0.15) is 18.4 Å². The predicted molar refractivity (Wildman–Crippen MR) is 77.5 cm³/mol. The molecule has 0 aliphatic heterocycles. The van der Waals surface area contributed by atoms with Gasteiger partial charge in [-0.2, -0.15) is 18.4 Å². The maximum absolute atomic E-state index is 13.1. The highest BCUT2D eigenvalue weighted by Crippen LogP contribution is 2.39. The molecule has 1 aliphatic rings. The van der Waals surface area contributed by atoms with Gasteiger partial charge in [0.2, 0.25) is 0 Å². The fourth-order valence-corrected chi connectivity index (χ4v) is 2.62. The summed E-state index contributed by atoms with van der Waals surface area (Å²) in [5.74, 6) is -0.173. The van der Waals surface area contributed by atoms with Crippen LogP contribution in [0.25, 0.3) is 0 Å². The maximum Gasteiger partial charge on any atom is 0.418 e. The lowest BCUT2D eigenvalue weighted by atomic mass is 9.71. The van der Waals surface area contributed by atoms with E-state index in [-0.39, 0.29) is 18.2 Å². The SMILES string of the molecule is CN(C)c1ccc(NCC2(O)CC(C#N)C2)cc1C(F)(F)F. The third-order valence-corrected chi connectivity index (χ3v) is 3.84. The summed E-state index contributed by atoms with van der Waals surface area (Å²) in [6.45, 7) is 0.129.